The number of anilines is 2. The second-order valence-corrected chi connectivity index (χ2v) is 5.92. The van der Waals surface area contributed by atoms with Crippen LogP contribution in [0.2, 0.25) is 0 Å². The highest BCUT2D eigenvalue weighted by Crippen LogP contribution is 2.23. The molecule has 0 unspecified atom stereocenters. The van der Waals surface area contributed by atoms with Crippen molar-refractivity contribution >= 4 is 11.8 Å². The Kier molecular flexibility index (Phi) is 7.33. The van der Waals surface area contributed by atoms with Crippen molar-refractivity contribution in [2.75, 3.05) is 24.7 Å². The molecule has 5 heteroatoms. The zero-order chi connectivity index (χ0) is 17.2. The standard InChI is InChI=1S/C19H28N4O/c1-3-4-5-6-7-8-13-21-18-14-17(22-19(20)23-18)15-9-11-16(24-2)12-10-15/h9-12,14H,3-8,13H2,1-2H3,(H3,20,21,22,23). The van der Waals surface area contributed by atoms with Crippen molar-refractivity contribution in [2.24, 2.45) is 0 Å². The summed E-state index contributed by atoms with van der Waals surface area (Å²) in [6.45, 7) is 3.14. The molecule has 2 rings (SSSR count). The molecule has 2 aromatic rings. The maximum absolute atomic E-state index is 5.85. The summed E-state index contributed by atoms with van der Waals surface area (Å²) in [5.74, 6) is 1.89. The SMILES string of the molecule is CCCCCCCCNc1cc(-c2ccc(OC)cc2)nc(N)n1. The maximum Gasteiger partial charge on any atom is 0.222 e. The Morgan fingerprint density at radius 2 is 1.71 bits per heavy atom. The van der Waals surface area contributed by atoms with Crippen molar-refractivity contribution in [2.45, 2.75) is 45.4 Å². The van der Waals surface area contributed by atoms with Crippen molar-refractivity contribution in [1.82, 2.24) is 9.97 Å². The minimum absolute atomic E-state index is 0.286. The summed E-state index contributed by atoms with van der Waals surface area (Å²) < 4.78 is 5.18. The van der Waals surface area contributed by atoms with Crippen LogP contribution in [0.1, 0.15) is 45.4 Å². The molecule has 0 atom stereocenters. The number of hydrogen-bond acceptors (Lipinski definition) is 5. The molecule has 0 amide bonds. The van der Waals surface area contributed by atoms with Gasteiger partial charge in [-0.25, -0.2) is 4.98 Å². The van der Waals surface area contributed by atoms with E-state index in [-0.39, 0.29) is 5.95 Å². The average Bonchev–Trinajstić information content (AvgIpc) is 2.60. The van der Waals surface area contributed by atoms with Crippen molar-refractivity contribution in [1.29, 1.82) is 0 Å². The molecular formula is C19H28N4O. The highest BCUT2D eigenvalue weighted by atomic mass is 16.5. The summed E-state index contributed by atoms with van der Waals surface area (Å²) in [7, 11) is 1.65. The Morgan fingerprint density at radius 3 is 2.42 bits per heavy atom. The van der Waals surface area contributed by atoms with Gasteiger partial charge in [-0.2, -0.15) is 4.98 Å². The van der Waals surface area contributed by atoms with E-state index in [4.69, 9.17) is 10.5 Å². The molecule has 0 aliphatic heterocycles. The summed E-state index contributed by atoms with van der Waals surface area (Å²) >= 11 is 0. The molecule has 0 bridgehead atoms. The van der Waals surface area contributed by atoms with Gasteiger partial charge in [-0.05, 0) is 30.7 Å². The first-order chi connectivity index (χ1) is 11.7. The molecule has 24 heavy (non-hydrogen) atoms. The topological polar surface area (TPSA) is 73.1 Å². The van der Waals surface area contributed by atoms with Gasteiger partial charge in [0.2, 0.25) is 5.95 Å². The van der Waals surface area contributed by atoms with E-state index in [1.165, 1.54) is 32.1 Å². The second-order valence-electron chi connectivity index (χ2n) is 5.92. The quantitative estimate of drug-likeness (QED) is 0.628. The molecule has 5 nitrogen and oxygen atoms in total. The predicted octanol–water partition coefficient (Wildman–Crippen LogP) is 4.51. The van der Waals surface area contributed by atoms with Crippen LogP contribution in [0.15, 0.2) is 30.3 Å². The third-order valence-electron chi connectivity index (χ3n) is 3.97. The van der Waals surface area contributed by atoms with Crippen LogP contribution in [0.3, 0.4) is 0 Å². The number of unbranched alkanes of at least 4 members (excludes halogenated alkanes) is 5. The molecule has 0 saturated heterocycles. The summed E-state index contributed by atoms with van der Waals surface area (Å²) in [6.07, 6.45) is 7.65. The zero-order valence-electron chi connectivity index (χ0n) is 14.7. The van der Waals surface area contributed by atoms with Crippen molar-refractivity contribution in [3.63, 3.8) is 0 Å². The highest BCUT2D eigenvalue weighted by Gasteiger charge is 2.05. The van der Waals surface area contributed by atoms with E-state index in [2.05, 4.69) is 22.2 Å². The fourth-order valence-electron chi connectivity index (χ4n) is 2.59. The summed E-state index contributed by atoms with van der Waals surface area (Å²) in [4.78, 5) is 8.59. The third kappa shape index (κ3) is 5.72. The minimum atomic E-state index is 0.286. The lowest BCUT2D eigenvalue weighted by Gasteiger charge is -2.09. The number of nitrogens with one attached hydrogen (secondary N) is 1. The molecule has 0 fully saturated rings. The van der Waals surface area contributed by atoms with Gasteiger partial charge in [-0.3, -0.25) is 0 Å². The Hall–Kier alpha value is -2.30. The van der Waals surface area contributed by atoms with Gasteiger partial charge in [0.25, 0.3) is 0 Å². The van der Waals surface area contributed by atoms with E-state index in [0.29, 0.717) is 0 Å². The Labute approximate surface area is 144 Å². The average molecular weight is 328 g/mol. The molecule has 1 heterocycles. The van der Waals surface area contributed by atoms with E-state index < -0.39 is 0 Å². The van der Waals surface area contributed by atoms with Crippen LogP contribution < -0.4 is 15.8 Å². The molecule has 0 aliphatic rings. The van der Waals surface area contributed by atoms with Crippen LogP contribution in [0.25, 0.3) is 11.3 Å². The summed E-state index contributed by atoms with van der Waals surface area (Å²) in [5.41, 5.74) is 7.66. The number of benzene rings is 1. The Bertz CT molecular complexity index is 613. The molecular weight excluding hydrogens is 300 g/mol. The van der Waals surface area contributed by atoms with Crippen LogP contribution in [-0.4, -0.2) is 23.6 Å². The number of ether oxygens (including phenoxy) is 1. The number of hydrogen-bond donors (Lipinski definition) is 2. The first-order valence-corrected chi connectivity index (χ1v) is 8.75. The van der Waals surface area contributed by atoms with E-state index in [1.807, 2.05) is 30.3 Å². The van der Waals surface area contributed by atoms with Gasteiger partial charge < -0.3 is 15.8 Å². The fraction of sp³-hybridized carbons (Fsp3) is 0.474. The van der Waals surface area contributed by atoms with Crippen LogP contribution in [0.4, 0.5) is 11.8 Å². The van der Waals surface area contributed by atoms with Gasteiger partial charge in [0.05, 0.1) is 12.8 Å². The third-order valence-corrected chi connectivity index (χ3v) is 3.97. The lowest BCUT2D eigenvalue weighted by molar-refractivity contribution is 0.415. The van der Waals surface area contributed by atoms with E-state index in [1.54, 1.807) is 7.11 Å². The smallest absolute Gasteiger partial charge is 0.222 e. The molecule has 130 valence electrons. The molecule has 0 spiro atoms. The van der Waals surface area contributed by atoms with Gasteiger partial charge in [0.1, 0.15) is 11.6 Å². The molecule has 0 radical (unpaired) electrons. The monoisotopic (exact) mass is 328 g/mol. The van der Waals surface area contributed by atoms with Crippen molar-refractivity contribution < 1.29 is 4.74 Å². The normalized spacial score (nSPS) is 10.6. The predicted molar refractivity (Wildman–Crippen MR) is 100 cm³/mol. The fourth-order valence-corrected chi connectivity index (χ4v) is 2.59. The molecule has 3 N–H and O–H groups in total. The molecule has 0 saturated carbocycles. The van der Waals surface area contributed by atoms with Gasteiger partial charge in [-0.15, -0.1) is 0 Å². The van der Waals surface area contributed by atoms with E-state index in [9.17, 15) is 0 Å². The maximum atomic E-state index is 5.85. The number of methoxy groups -OCH3 is 1. The van der Waals surface area contributed by atoms with E-state index >= 15 is 0 Å². The van der Waals surface area contributed by atoms with Crippen LogP contribution in [0, 0.1) is 0 Å². The second kappa shape index (κ2) is 9.75. The zero-order valence-corrected chi connectivity index (χ0v) is 14.7. The molecule has 1 aromatic carbocycles. The number of aromatic nitrogens is 2. The van der Waals surface area contributed by atoms with Gasteiger partial charge in [-0.1, -0.05) is 39.0 Å². The van der Waals surface area contributed by atoms with Crippen LogP contribution in [-0.2, 0) is 0 Å². The molecule has 0 aliphatic carbocycles. The number of nitrogen functional groups attached to an aromatic ring is 1. The summed E-state index contributed by atoms with van der Waals surface area (Å²) in [6, 6.07) is 9.71. The van der Waals surface area contributed by atoms with E-state index in [0.717, 1.165) is 35.8 Å². The lowest BCUT2D eigenvalue weighted by Crippen LogP contribution is -2.06. The highest BCUT2D eigenvalue weighted by molar-refractivity contribution is 5.64. The van der Waals surface area contributed by atoms with Crippen molar-refractivity contribution in [3.05, 3.63) is 30.3 Å². The Morgan fingerprint density at radius 1 is 1.00 bits per heavy atom. The Balaban J connectivity index is 1.90. The van der Waals surface area contributed by atoms with Crippen LogP contribution >= 0.6 is 0 Å². The largest absolute Gasteiger partial charge is 0.497 e. The lowest BCUT2D eigenvalue weighted by atomic mass is 10.1. The number of nitrogens with two attached hydrogens (primary N) is 1. The van der Waals surface area contributed by atoms with Gasteiger partial charge in [0.15, 0.2) is 0 Å². The van der Waals surface area contributed by atoms with Crippen LogP contribution in [0.5, 0.6) is 5.75 Å². The molecule has 1 aromatic heterocycles. The van der Waals surface area contributed by atoms with Crippen molar-refractivity contribution in [3.8, 4) is 17.0 Å². The number of nitrogens with zero attached hydrogens (tertiary/aromatic N) is 2. The first-order valence-electron chi connectivity index (χ1n) is 8.75. The number of rotatable bonds is 10. The minimum Gasteiger partial charge on any atom is -0.497 e. The first kappa shape index (κ1) is 18.0. The summed E-state index contributed by atoms with van der Waals surface area (Å²) in [5, 5.41) is 3.35. The van der Waals surface area contributed by atoms with Gasteiger partial charge in [0, 0.05) is 18.2 Å². The van der Waals surface area contributed by atoms with Gasteiger partial charge >= 0.3 is 0 Å².